The van der Waals surface area contributed by atoms with Crippen molar-refractivity contribution in [3.8, 4) is 11.5 Å². The van der Waals surface area contributed by atoms with Crippen LogP contribution in [0.3, 0.4) is 0 Å². The summed E-state index contributed by atoms with van der Waals surface area (Å²) in [6.45, 7) is 3.93. The Kier molecular flexibility index (Phi) is 4.26. The molecule has 4 aromatic heterocycles. The van der Waals surface area contributed by atoms with Crippen LogP contribution in [0.1, 0.15) is 35.2 Å². The van der Waals surface area contributed by atoms with E-state index >= 15 is 0 Å². The van der Waals surface area contributed by atoms with E-state index in [0.717, 1.165) is 21.4 Å². The highest BCUT2D eigenvalue weighted by Gasteiger charge is 2.46. The number of fused-ring (bicyclic) bond motifs is 4. The van der Waals surface area contributed by atoms with E-state index in [1.54, 1.807) is 24.0 Å². The molecule has 1 N–H and O–H groups in total. The second-order valence-corrected chi connectivity index (χ2v) is 8.65. The lowest BCUT2D eigenvalue weighted by atomic mass is 9.94. The maximum Gasteiger partial charge on any atom is 0.410 e. The molecule has 1 aliphatic rings. The smallest absolute Gasteiger partial charge is 0.363 e. The second-order valence-electron chi connectivity index (χ2n) is 8.65. The number of rotatable bonds is 2. The fourth-order valence-corrected chi connectivity index (χ4v) is 4.43. The Labute approximate surface area is 191 Å². The van der Waals surface area contributed by atoms with Crippen LogP contribution in [0.15, 0.2) is 36.8 Å². The van der Waals surface area contributed by atoms with E-state index in [9.17, 15) is 13.2 Å². The first kappa shape index (κ1) is 20.6. The van der Waals surface area contributed by atoms with Gasteiger partial charge in [0.25, 0.3) is 0 Å². The monoisotopic (exact) mass is 467 g/mol. The van der Waals surface area contributed by atoms with E-state index in [4.69, 9.17) is 0 Å². The van der Waals surface area contributed by atoms with Crippen molar-refractivity contribution in [2.75, 3.05) is 5.32 Å². The third-order valence-electron chi connectivity index (χ3n) is 6.42. The molecule has 0 unspecified atom stereocenters. The molecule has 5 aromatic rings. The van der Waals surface area contributed by atoms with Gasteiger partial charge in [0.2, 0.25) is 5.82 Å². The fraction of sp³-hybridized carbons (Fsp3) is 0.318. The van der Waals surface area contributed by atoms with Crippen molar-refractivity contribution in [2.45, 2.75) is 38.5 Å². The molecule has 1 aliphatic heterocycles. The maximum atomic E-state index is 14.1. The van der Waals surface area contributed by atoms with Gasteiger partial charge < -0.3 is 5.32 Å². The van der Waals surface area contributed by atoms with Gasteiger partial charge >= 0.3 is 6.18 Å². The number of alkyl halides is 3. The molecule has 0 fully saturated rings. The molecule has 0 saturated heterocycles. The van der Waals surface area contributed by atoms with Crippen molar-refractivity contribution < 1.29 is 13.2 Å². The Morgan fingerprint density at radius 3 is 2.65 bits per heavy atom. The minimum absolute atomic E-state index is 0.168. The van der Waals surface area contributed by atoms with Gasteiger partial charge in [0.05, 0.1) is 17.6 Å². The zero-order chi connectivity index (χ0) is 23.8. The van der Waals surface area contributed by atoms with Crippen molar-refractivity contribution in [1.29, 1.82) is 0 Å². The minimum atomic E-state index is -4.46. The Morgan fingerprint density at radius 2 is 1.88 bits per heavy atom. The maximum absolute atomic E-state index is 14.1. The fourth-order valence-electron chi connectivity index (χ4n) is 4.43. The molecule has 5 heterocycles. The van der Waals surface area contributed by atoms with Crippen LogP contribution in [0, 0.1) is 13.8 Å². The highest BCUT2D eigenvalue weighted by molar-refractivity contribution is 5.88. The number of aromatic nitrogens is 8. The van der Waals surface area contributed by atoms with Gasteiger partial charge in [-0.1, -0.05) is 18.2 Å². The first-order valence-corrected chi connectivity index (χ1v) is 10.7. The van der Waals surface area contributed by atoms with Crippen molar-refractivity contribution in [2.24, 2.45) is 7.05 Å². The first-order chi connectivity index (χ1) is 16.2. The van der Waals surface area contributed by atoms with Crippen LogP contribution in [0.5, 0.6) is 0 Å². The summed E-state index contributed by atoms with van der Waals surface area (Å²) in [4.78, 5) is 8.84. The number of nitrogens with zero attached hydrogens (tertiary/aromatic N) is 8. The van der Waals surface area contributed by atoms with Crippen LogP contribution in [0.2, 0.25) is 0 Å². The predicted octanol–water partition coefficient (Wildman–Crippen LogP) is 4.15. The molecule has 6 rings (SSSR count). The summed E-state index contributed by atoms with van der Waals surface area (Å²) in [5.74, 6) is 0.487. The SMILES string of the molecule is Cc1ccc([C@H]2C[C@H](C(F)(F)F)n3nc(-c4nc5c6cnn(C)c6ncn5n4)cc3N2)cc1C. The minimum Gasteiger partial charge on any atom is -0.363 e. The Hall–Kier alpha value is -3.96. The normalized spacial score (nSPS) is 18.4. The van der Waals surface area contributed by atoms with Crippen LogP contribution in [0.25, 0.3) is 28.2 Å². The van der Waals surface area contributed by atoms with Crippen molar-refractivity contribution in [3.05, 3.63) is 53.5 Å². The topological polar surface area (TPSA) is 90.8 Å². The number of anilines is 1. The molecular weight excluding hydrogens is 447 g/mol. The summed E-state index contributed by atoms with van der Waals surface area (Å²) in [6, 6.07) is 5.03. The van der Waals surface area contributed by atoms with Gasteiger partial charge in [-0.15, -0.1) is 5.10 Å². The van der Waals surface area contributed by atoms with E-state index in [-0.39, 0.29) is 23.8 Å². The van der Waals surface area contributed by atoms with Crippen LogP contribution in [0.4, 0.5) is 19.0 Å². The molecule has 1 aromatic carbocycles. The number of nitrogens with one attached hydrogen (secondary N) is 1. The number of hydrogen-bond acceptors (Lipinski definition) is 6. The third-order valence-corrected chi connectivity index (χ3v) is 6.42. The van der Waals surface area contributed by atoms with Gasteiger partial charge in [0.15, 0.2) is 17.3 Å². The van der Waals surface area contributed by atoms with Gasteiger partial charge in [0.1, 0.15) is 17.8 Å². The lowest BCUT2D eigenvalue weighted by molar-refractivity contribution is -0.173. The van der Waals surface area contributed by atoms with Gasteiger partial charge in [-0.05, 0) is 30.5 Å². The molecule has 0 saturated carbocycles. The zero-order valence-corrected chi connectivity index (χ0v) is 18.5. The summed E-state index contributed by atoms with van der Waals surface area (Å²) in [7, 11) is 1.77. The third kappa shape index (κ3) is 3.12. The molecule has 9 nitrogen and oxygen atoms in total. The quantitative estimate of drug-likeness (QED) is 0.420. The van der Waals surface area contributed by atoms with E-state index in [1.807, 2.05) is 32.0 Å². The lowest BCUT2D eigenvalue weighted by Gasteiger charge is -2.33. The number of benzene rings is 1. The Balaban J connectivity index is 1.44. The van der Waals surface area contributed by atoms with Crippen molar-refractivity contribution in [1.82, 2.24) is 39.1 Å². The standard InChI is InChI=1S/C22H20F3N9/c1-11-4-5-13(6-12(11)2)15-7-17(22(23,24)25)34-18(28-15)8-16(30-34)19-29-21-14-9-27-32(3)20(14)26-10-33(21)31-19/h4-6,8-10,15,17,28H,7H2,1-3H3/t15-,17-/m1/s1. The summed E-state index contributed by atoms with van der Waals surface area (Å²) in [6.07, 6.45) is -1.50. The average Bonchev–Trinajstić information content (AvgIpc) is 3.50. The number of aryl methyl sites for hydroxylation is 3. The molecule has 0 bridgehead atoms. The number of hydrogen-bond donors (Lipinski definition) is 1. The lowest BCUT2D eigenvalue weighted by Crippen LogP contribution is -2.35. The van der Waals surface area contributed by atoms with E-state index in [2.05, 4.69) is 30.6 Å². The molecule has 0 radical (unpaired) electrons. The first-order valence-electron chi connectivity index (χ1n) is 10.7. The van der Waals surface area contributed by atoms with Gasteiger partial charge in [-0.2, -0.15) is 23.4 Å². The zero-order valence-electron chi connectivity index (χ0n) is 18.5. The Bertz CT molecular complexity index is 1560. The molecule has 0 spiro atoms. The van der Waals surface area contributed by atoms with E-state index in [0.29, 0.717) is 16.7 Å². The molecule has 0 aliphatic carbocycles. The number of halogens is 3. The van der Waals surface area contributed by atoms with Crippen LogP contribution in [-0.2, 0) is 7.05 Å². The molecule has 0 amide bonds. The Morgan fingerprint density at radius 1 is 1.06 bits per heavy atom. The van der Waals surface area contributed by atoms with Crippen LogP contribution >= 0.6 is 0 Å². The van der Waals surface area contributed by atoms with E-state index < -0.39 is 18.3 Å². The molecule has 12 heteroatoms. The second kappa shape index (κ2) is 7.02. The van der Waals surface area contributed by atoms with E-state index in [1.165, 1.54) is 10.8 Å². The molecule has 2 atom stereocenters. The molecular formula is C22H20F3N9. The summed E-state index contributed by atoms with van der Waals surface area (Å²) in [5.41, 5.74) is 4.32. The highest BCUT2D eigenvalue weighted by atomic mass is 19.4. The largest absolute Gasteiger partial charge is 0.410 e. The van der Waals surface area contributed by atoms with Crippen molar-refractivity contribution in [3.63, 3.8) is 0 Å². The highest BCUT2D eigenvalue weighted by Crippen LogP contribution is 2.44. The van der Waals surface area contributed by atoms with Gasteiger partial charge in [-0.3, -0.25) is 4.68 Å². The summed E-state index contributed by atoms with van der Waals surface area (Å²) < 4.78 is 46.3. The summed E-state index contributed by atoms with van der Waals surface area (Å²) in [5, 5.41) is 16.8. The van der Waals surface area contributed by atoms with Crippen LogP contribution in [-0.4, -0.2) is 45.3 Å². The molecule has 34 heavy (non-hydrogen) atoms. The predicted molar refractivity (Wildman–Crippen MR) is 118 cm³/mol. The molecule has 174 valence electrons. The van der Waals surface area contributed by atoms with Gasteiger partial charge in [0, 0.05) is 19.5 Å². The summed E-state index contributed by atoms with van der Waals surface area (Å²) >= 11 is 0. The average molecular weight is 467 g/mol. The van der Waals surface area contributed by atoms with Crippen molar-refractivity contribution >= 4 is 22.5 Å². The van der Waals surface area contributed by atoms with Crippen LogP contribution < -0.4 is 5.32 Å². The van der Waals surface area contributed by atoms with Gasteiger partial charge in [-0.25, -0.2) is 19.2 Å².